The Morgan fingerprint density at radius 3 is 0.867 bits per heavy atom. The van der Waals surface area contributed by atoms with Crippen molar-refractivity contribution in [3.63, 3.8) is 0 Å². The van der Waals surface area contributed by atoms with E-state index in [2.05, 4.69) is 0 Å². The number of ketones is 4. The highest BCUT2D eigenvalue weighted by Gasteiger charge is 2.26. The summed E-state index contributed by atoms with van der Waals surface area (Å²) in [4.78, 5) is 48.0. The number of hydrogen-bond acceptors (Lipinski definition) is 4. The number of carbonyl (C=O) groups is 4. The van der Waals surface area contributed by atoms with Crippen molar-refractivity contribution >= 4 is 23.1 Å². The van der Waals surface area contributed by atoms with Crippen LogP contribution in [0.4, 0.5) is 0 Å². The van der Waals surface area contributed by atoms with Gasteiger partial charge < -0.3 is 0 Å². The minimum Gasteiger partial charge on any atom is -0.299 e. The number of aryl methyl sites for hydroxylation is 4. The molecule has 0 aliphatic rings. The first-order valence-electron chi connectivity index (χ1n) is 10.1. The lowest BCUT2D eigenvalue weighted by atomic mass is 9.82. The second kappa shape index (κ2) is 8.86. The first-order valence-corrected chi connectivity index (χ1v) is 10.1. The lowest BCUT2D eigenvalue weighted by molar-refractivity contribution is -0.128. The Labute approximate surface area is 178 Å². The van der Waals surface area contributed by atoms with Crippen LogP contribution in [0.5, 0.6) is 0 Å². The Morgan fingerprint density at radius 1 is 0.500 bits per heavy atom. The molecular formula is C26H30O4. The molecule has 4 nitrogen and oxygen atoms in total. The van der Waals surface area contributed by atoms with E-state index in [1.807, 2.05) is 52.0 Å². The Bertz CT molecular complexity index is 899. The van der Waals surface area contributed by atoms with Crippen molar-refractivity contribution in [1.82, 2.24) is 0 Å². The molecule has 0 amide bonds. The van der Waals surface area contributed by atoms with Crippen molar-refractivity contribution in [2.24, 2.45) is 0 Å². The van der Waals surface area contributed by atoms with Gasteiger partial charge in [0.15, 0.2) is 0 Å². The van der Waals surface area contributed by atoms with Gasteiger partial charge in [-0.3, -0.25) is 19.2 Å². The molecule has 0 aliphatic heterocycles. The van der Waals surface area contributed by atoms with Crippen LogP contribution in [0.25, 0.3) is 11.1 Å². The zero-order valence-corrected chi connectivity index (χ0v) is 19.1. The summed E-state index contributed by atoms with van der Waals surface area (Å²) in [7, 11) is 0. The third kappa shape index (κ3) is 4.48. The van der Waals surface area contributed by atoms with Crippen LogP contribution in [0, 0.1) is 27.7 Å². The maximum Gasteiger partial charge on any atom is 0.144 e. The van der Waals surface area contributed by atoms with E-state index < -0.39 is 11.8 Å². The molecule has 158 valence electrons. The van der Waals surface area contributed by atoms with E-state index >= 15 is 0 Å². The van der Waals surface area contributed by atoms with Crippen LogP contribution in [-0.2, 0) is 19.2 Å². The van der Waals surface area contributed by atoms with Gasteiger partial charge in [-0.1, -0.05) is 24.3 Å². The molecule has 0 saturated carbocycles. The summed E-state index contributed by atoms with van der Waals surface area (Å²) in [6.07, 6.45) is 0. The van der Waals surface area contributed by atoms with Crippen LogP contribution in [0.2, 0.25) is 0 Å². The van der Waals surface area contributed by atoms with Gasteiger partial charge in [0.25, 0.3) is 0 Å². The lowest BCUT2D eigenvalue weighted by Gasteiger charge is -2.21. The van der Waals surface area contributed by atoms with Crippen molar-refractivity contribution in [1.29, 1.82) is 0 Å². The molecule has 0 fully saturated rings. The third-order valence-corrected chi connectivity index (χ3v) is 5.65. The standard InChI is InChI=1S/C26H30O4/c1-13-9-21(25(17(5)27)18(6)28)10-14(2)23(13)24-15(3)11-22(12-16(24)4)26(19(7)29)20(8)30/h9-12,25-26H,1-8H3. The molecule has 0 aliphatic carbocycles. The van der Waals surface area contributed by atoms with Crippen molar-refractivity contribution in [2.45, 2.75) is 67.2 Å². The summed E-state index contributed by atoms with van der Waals surface area (Å²) in [5.74, 6) is -2.13. The van der Waals surface area contributed by atoms with Crippen LogP contribution >= 0.6 is 0 Å². The molecule has 0 aromatic heterocycles. The maximum atomic E-state index is 12.0. The van der Waals surface area contributed by atoms with Crippen LogP contribution in [0.15, 0.2) is 24.3 Å². The molecule has 2 rings (SSSR count). The zero-order valence-electron chi connectivity index (χ0n) is 19.1. The first-order chi connectivity index (χ1) is 13.9. The van der Waals surface area contributed by atoms with Gasteiger partial charge in [-0.25, -0.2) is 0 Å². The summed E-state index contributed by atoms with van der Waals surface area (Å²) in [6, 6.07) is 7.65. The Balaban J connectivity index is 2.68. The third-order valence-electron chi connectivity index (χ3n) is 5.65. The van der Waals surface area contributed by atoms with E-state index in [1.165, 1.54) is 27.7 Å². The molecule has 2 aromatic carbocycles. The molecule has 0 bridgehead atoms. The van der Waals surface area contributed by atoms with Crippen molar-refractivity contribution in [3.05, 3.63) is 57.6 Å². The average Bonchev–Trinajstić information content (AvgIpc) is 2.55. The van der Waals surface area contributed by atoms with E-state index in [9.17, 15) is 19.2 Å². The summed E-state index contributed by atoms with van der Waals surface area (Å²) < 4.78 is 0. The molecular weight excluding hydrogens is 376 g/mol. The number of Topliss-reactive ketones (excluding diaryl/α,β-unsaturated/α-hetero) is 4. The molecule has 0 heterocycles. The maximum absolute atomic E-state index is 12.0. The largest absolute Gasteiger partial charge is 0.299 e. The van der Waals surface area contributed by atoms with Gasteiger partial charge in [0.2, 0.25) is 0 Å². The van der Waals surface area contributed by atoms with Crippen LogP contribution < -0.4 is 0 Å². The topological polar surface area (TPSA) is 68.3 Å². The normalized spacial score (nSPS) is 11.1. The van der Waals surface area contributed by atoms with Gasteiger partial charge >= 0.3 is 0 Å². The van der Waals surface area contributed by atoms with E-state index in [0.717, 1.165) is 33.4 Å². The number of rotatable bonds is 7. The Kier molecular flexibility index (Phi) is 6.91. The summed E-state index contributed by atoms with van der Waals surface area (Å²) in [5.41, 5.74) is 7.44. The van der Waals surface area contributed by atoms with E-state index in [-0.39, 0.29) is 23.1 Å². The van der Waals surface area contributed by atoms with E-state index in [1.54, 1.807) is 0 Å². The molecule has 30 heavy (non-hydrogen) atoms. The molecule has 0 atom stereocenters. The monoisotopic (exact) mass is 406 g/mol. The molecule has 0 unspecified atom stereocenters. The van der Waals surface area contributed by atoms with Crippen molar-refractivity contribution < 1.29 is 19.2 Å². The SMILES string of the molecule is CC(=O)C(C(C)=O)c1cc(C)c(-c2c(C)cc(C(C(C)=O)C(C)=O)cc2C)c(C)c1. The second-order valence-corrected chi connectivity index (χ2v) is 8.37. The minimum absolute atomic E-state index is 0.162. The Hall–Kier alpha value is -2.88. The first kappa shape index (κ1) is 23.4. The molecule has 0 N–H and O–H groups in total. The summed E-state index contributed by atoms with van der Waals surface area (Å²) >= 11 is 0. The highest BCUT2D eigenvalue weighted by Crippen LogP contribution is 2.37. The molecule has 0 saturated heterocycles. The van der Waals surface area contributed by atoms with Gasteiger partial charge in [-0.05, 0) is 99.9 Å². The number of benzene rings is 2. The van der Waals surface area contributed by atoms with Crippen LogP contribution in [0.1, 0.15) is 72.9 Å². The second-order valence-electron chi connectivity index (χ2n) is 8.37. The quantitative estimate of drug-likeness (QED) is 0.599. The van der Waals surface area contributed by atoms with Gasteiger partial charge in [0.1, 0.15) is 35.0 Å². The number of hydrogen-bond donors (Lipinski definition) is 0. The molecule has 0 radical (unpaired) electrons. The highest BCUT2D eigenvalue weighted by molar-refractivity contribution is 6.06. The van der Waals surface area contributed by atoms with Gasteiger partial charge in [0.05, 0.1) is 0 Å². The van der Waals surface area contributed by atoms with E-state index in [0.29, 0.717) is 11.1 Å². The smallest absolute Gasteiger partial charge is 0.144 e. The summed E-state index contributed by atoms with van der Waals surface area (Å²) in [5, 5.41) is 0. The summed E-state index contributed by atoms with van der Waals surface area (Å²) in [6.45, 7) is 13.7. The molecule has 0 spiro atoms. The van der Waals surface area contributed by atoms with Crippen LogP contribution in [-0.4, -0.2) is 23.1 Å². The highest BCUT2D eigenvalue weighted by atomic mass is 16.2. The predicted octanol–water partition coefficient (Wildman–Crippen LogP) is 5.11. The average molecular weight is 407 g/mol. The molecule has 4 heteroatoms. The fourth-order valence-corrected chi connectivity index (χ4v) is 4.63. The minimum atomic E-state index is -0.743. The van der Waals surface area contributed by atoms with E-state index in [4.69, 9.17) is 0 Å². The number of carbonyl (C=O) groups excluding carboxylic acids is 4. The Morgan fingerprint density at radius 2 is 0.700 bits per heavy atom. The zero-order chi connectivity index (χ0) is 22.9. The lowest BCUT2D eigenvalue weighted by Crippen LogP contribution is -2.18. The fourth-order valence-electron chi connectivity index (χ4n) is 4.63. The van der Waals surface area contributed by atoms with Gasteiger partial charge in [0, 0.05) is 0 Å². The van der Waals surface area contributed by atoms with Gasteiger partial charge in [-0.15, -0.1) is 0 Å². The van der Waals surface area contributed by atoms with Crippen LogP contribution in [0.3, 0.4) is 0 Å². The molecule has 2 aromatic rings. The van der Waals surface area contributed by atoms with Crippen molar-refractivity contribution in [3.8, 4) is 11.1 Å². The van der Waals surface area contributed by atoms with Crippen molar-refractivity contribution in [2.75, 3.05) is 0 Å². The van der Waals surface area contributed by atoms with Gasteiger partial charge in [-0.2, -0.15) is 0 Å². The predicted molar refractivity (Wildman–Crippen MR) is 119 cm³/mol. The fraction of sp³-hybridized carbons (Fsp3) is 0.385.